The summed E-state index contributed by atoms with van der Waals surface area (Å²) in [6.07, 6.45) is -17.0. The number of nitrogen functional groups attached to an aromatic ring is 3. The quantitative estimate of drug-likeness (QED) is 0.0242. The van der Waals surface area contributed by atoms with Crippen LogP contribution in [0.1, 0.15) is 6.23 Å². The molecule has 434 valence electrons. The van der Waals surface area contributed by atoms with Crippen molar-refractivity contribution in [3.63, 3.8) is 0 Å². The summed E-state index contributed by atoms with van der Waals surface area (Å²) in [7, 11) is -15.5. The SMILES string of the molecule is C=Nc1c(N(C)[C@@H]2O[C@H](COP(=O)(O)OC3C(OC)[C@H](n4cnc5c(N)ncnc54)O[C@@H]3COP(=O)(O)OP(=O)(O)OP(=O)(O)OC[C@H]3O[C@@H](N(C)c4nc(N)[nH]c(=O)c4N(C)C)C(O)C3OC)C(O)C2O)nc(N)[nH]c1=O. The molecule has 0 saturated carbocycles. The molecule has 0 aromatic carbocycles. The van der Waals surface area contributed by atoms with E-state index in [4.69, 9.17) is 59.0 Å². The molecular weight excluding hydrogens is 1140 g/mol. The van der Waals surface area contributed by atoms with E-state index >= 15 is 0 Å². The van der Waals surface area contributed by atoms with Crippen molar-refractivity contribution >= 4 is 89.9 Å². The van der Waals surface area contributed by atoms with Crippen molar-refractivity contribution in [1.29, 1.82) is 0 Å². The predicted molar refractivity (Wildman–Crippen MR) is 264 cm³/mol. The van der Waals surface area contributed by atoms with Crippen LogP contribution in [0.5, 0.6) is 0 Å². The average Bonchev–Trinajstić information content (AvgIpc) is 4.10. The van der Waals surface area contributed by atoms with Crippen LogP contribution in [0, 0.1) is 0 Å². The summed E-state index contributed by atoms with van der Waals surface area (Å²) < 4.78 is 112. The van der Waals surface area contributed by atoms with E-state index in [2.05, 4.69) is 55.2 Å². The maximum Gasteiger partial charge on any atom is 0.490 e. The lowest BCUT2D eigenvalue weighted by atomic mass is 10.1. The van der Waals surface area contributed by atoms with Crippen LogP contribution in [0.2, 0.25) is 0 Å². The molecule has 4 aromatic heterocycles. The van der Waals surface area contributed by atoms with Crippen LogP contribution in [0.25, 0.3) is 11.2 Å². The third kappa shape index (κ3) is 13.1. The number of rotatable bonds is 24. The van der Waals surface area contributed by atoms with Gasteiger partial charge in [-0.1, -0.05) is 0 Å². The lowest BCUT2D eigenvalue weighted by Crippen LogP contribution is -2.44. The number of anilines is 6. The van der Waals surface area contributed by atoms with Crippen molar-refractivity contribution in [3.8, 4) is 0 Å². The van der Waals surface area contributed by atoms with Crippen molar-refractivity contribution in [2.75, 3.05) is 94.1 Å². The molecule has 7 rings (SSSR count). The highest BCUT2D eigenvalue weighted by atomic mass is 31.3. The van der Waals surface area contributed by atoms with E-state index < -0.39 is 136 Å². The Labute approximate surface area is 438 Å². The van der Waals surface area contributed by atoms with Gasteiger partial charge in [0, 0.05) is 42.4 Å². The number of nitrogens with zero attached hydrogens (tertiary/aromatic N) is 10. The molecule has 0 aliphatic carbocycles. The van der Waals surface area contributed by atoms with Crippen molar-refractivity contribution in [2.45, 2.75) is 73.6 Å². The lowest BCUT2D eigenvalue weighted by Gasteiger charge is -2.30. The van der Waals surface area contributed by atoms with Gasteiger partial charge in [0.15, 0.2) is 47.5 Å². The molecule has 16 atom stereocenters. The summed E-state index contributed by atoms with van der Waals surface area (Å²) in [5, 5.41) is 32.9. The number of hydrogen-bond donors (Lipinski definition) is 12. The van der Waals surface area contributed by atoms with Gasteiger partial charge in [-0.05, 0) is 6.72 Å². The van der Waals surface area contributed by atoms with Crippen LogP contribution in [0.3, 0.4) is 0 Å². The number of H-pyrrole nitrogens is 2. The summed E-state index contributed by atoms with van der Waals surface area (Å²) in [6, 6.07) is 0. The fourth-order valence-corrected chi connectivity index (χ4v) is 12.9. The van der Waals surface area contributed by atoms with Crippen LogP contribution in [-0.4, -0.2) is 211 Å². The summed E-state index contributed by atoms with van der Waals surface area (Å²) in [4.78, 5) is 99.9. The molecule has 0 radical (unpaired) electrons. The fraction of sp³-hybridized carbons (Fsp3) is 0.600. The van der Waals surface area contributed by atoms with Crippen LogP contribution >= 0.6 is 31.3 Å². The molecule has 3 aliphatic rings. The van der Waals surface area contributed by atoms with Crippen LogP contribution in [-0.2, 0) is 68.7 Å². The van der Waals surface area contributed by atoms with Gasteiger partial charge in [0.1, 0.15) is 72.5 Å². The predicted octanol–water partition coefficient (Wildman–Crippen LogP) is -3.26. The number of methoxy groups -OCH3 is 2. The Morgan fingerprint density at radius 2 is 1.22 bits per heavy atom. The number of aromatic nitrogens is 8. The number of nitrogens with one attached hydrogen (secondary N) is 2. The molecule has 0 amide bonds. The molecule has 4 aromatic rings. The third-order valence-corrected chi connectivity index (χ3v) is 17.1. The molecule has 3 fully saturated rings. The van der Waals surface area contributed by atoms with Crippen molar-refractivity contribution in [2.24, 2.45) is 4.99 Å². The molecule has 15 N–H and O–H groups in total. The number of aliphatic hydroxyl groups is 3. The smallest absolute Gasteiger partial charge is 0.387 e. The Balaban J connectivity index is 1.02. The standard InChI is InChI=1S/C35H55N15O24P4/c1-39-17-27(43-34(37)45-29(17)54)48(4)31-20(52)19(51)13(69-31)8-66-75(56,57)72-23-15(71-33(24(23)65-7)50-12-42-16-25(36)40-11-41-26(16)50)10-68-77(60,61)74-78(62,63)73-76(58,59)67-9-14-22(64-6)21(53)32(70-14)49(5)28-18(47(2)3)30(55)46-35(38)44-28/h11-15,19-24,31-33,51-53H,1,8-10H2,2-7H3,(H,56,57)(H,58,59)(H,60,61)(H,62,63)(H2,36,40,41)(H3,37,43,45,54)(H3,38,44,46,55)/t13-,14-,15-,19?,20?,21?,22?,23?,24?,31-,32-,33-/m1/s1. The van der Waals surface area contributed by atoms with Gasteiger partial charge >= 0.3 is 31.3 Å². The Morgan fingerprint density at radius 1 is 0.692 bits per heavy atom. The summed E-state index contributed by atoms with van der Waals surface area (Å²) in [5.41, 5.74) is 15.6. The van der Waals surface area contributed by atoms with Gasteiger partial charge in [-0.3, -0.25) is 47.2 Å². The summed E-state index contributed by atoms with van der Waals surface area (Å²) in [5.74, 6) is -1.02. The van der Waals surface area contributed by atoms with Crippen molar-refractivity contribution < 1.29 is 104 Å². The molecule has 43 heteroatoms. The van der Waals surface area contributed by atoms with E-state index in [1.165, 1.54) is 42.6 Å². The van der Waals surface area contributed by atoms with Crippen LogP contribution in [0.15, 0.2) is 27.2 Å². The molecule has 3 aliphatic heterocycles. The van der Waals surface area contributed by atoms with E-state index in [0.29, 0.717) is 0 Å². The number of likely N-dealkylation sites (N-methyl/N-ethyl adjacent to an activating group) is 2. The zero-order valence-electron chi connectivity index (χ0n) is 41.5. The zero-order chi connectivity index (χ0) is 57.6. The Morgan fingerprint density at radius 3 is 1.81 bits per heavy atom. The largest absolute Gasteiger partial charge is 0.490 e. The lowest BCUT2D eigenvalue weighted by molar-refractivity contribution is -0.0577. The monoisotopic (exact) mass is 1190 g/mol. The first-order valence-electron chi connectivity index (χ1n) is 22.2. The minimum absolute atomic E-state index is 0.000621. The van der Waals surface area contributed by atoms with Crippen LogP contribution < -0.4 is 43.0 Å². The highest BCUT2D eigenvalue weighted by Gasteiger charge is 2.54. The van der Waals surface area contributed by atoms with Gasteiger partial charge in [-0.15, -0.1) is 0 Å². The molecular formula is C35H55N15O24P4. The fourth-order valence-electron chi connectivity index (χ4n) is 8.38. The minimum atomic E-state index is -6.19. The number of nitrogens with two attached hydrogens (primary N) is 3. The van der Waals surface area contributed by atoms with E-state index in [1.807, 2.05) is 0 Å². The Bertz CT molecular complexity index is 3160. The molecule has 10 unspecified atom stereocenters. The van der Waals surface area contributed by atoms with E-state index in [-0.39, 0.29) is 51.9 Å². The number of imidazole rings is 1. The first kappa shape index (κ1) is 60.6. The molecule has 0 spiro atoms. The molecule has 3 saturated heterocycles. The topological polar surface area (TPSA) is 547 Å². The van der Waals surface area contributed by atoms with Crippen molar-refractivity contribution in [1.82, 2.24) is 39.5 Å². The van der Waals surface area contributed by atoms with E-state index in [9.17, 15) is 62.7 Å². The molecule has 78 heavy (non-hydrogen) atoms. The highest BCUT2D eigenvalue weighted by Crippen LogP contribution is 2.68. The maximum atomic E-state index is 13.7. The van der Waals surface area contributed by atoms with Gasteiger partial charge in [0.2, 0.25) is 11.9 Å². The Kier molecular flexibility index (Phi) is 18.3. The maximum absolute atomic E-state index is 13.7. The number of aliphatic hydroxyl groups excluding tert-OH is 3. The summed E-state index contributed by atoms with van der Waals surface area (Å²) >= 11 is 0. The van der Waals surface area contributed by atoms with Gasteiger partial charge < -0.3 is 90.5 Å². The highest BCUT2D eigenvalue weighted by molar-refractivity contribution is 7.66. The van der Waals surface area contributed by atoms with E-state index in [1.54, 1.807) is 0 Å². The van der Waals surface area contributed by atoms with Gasteiger partial charge in [0.05, 0.1) is 26.1 Å². The van der Waals surface area contributed by atoms with Gasteiger partial charge in [-0.2, -0.15) is 18.6 Å². The van der Waals surface area contributed by atoms with Gasteiger partial charge in [-0.25, -0.2) is 33.2 Å². The van der Waals surface area contributed by atoms with Crippen LogP contribution in [0.4, 0.5) is 40.7 Å². The molecule has 0 bridgehead atoms. The number of phosphoric ester groups is 3. The minimum Gasteiger partial charge on any atom is -0.387 e. The first-order valence-corrected chi connectivity index (χ1v) is 28.1. The average molecular weight is 1190 g/mol. The van der Waals surface area contributed by atoms with Crippen molar-refractivity contribution in [3.05, 3.63) is 33.4 Å². The van der Waals surface area contributed by atoms with E-state index in [0.717, 1.165) is 31.8 Å². The number of fused-ring (bicyclic) bond motifs is 1. The molecule has 7 heterocycles. The third-order valence-electron chi connectivity index (χ3n) is 11.8. The number of aliphatic imine (C=N–C) groups is 1. The second-order valence-corrected chi connectivity index (χ2v) is 23.2. The summed E-state index contributed by atoms with van der Waals surface area (Å²) in [6.45, 7) is 0.0446. The Hall–Kier alpha value is -5.02. The molecule has 39 nitrogen and oxygen atoms in total. The number of hydrogen-bond acceptors (Lipinski definition) is 32. The number of ether oxygens (including phenoxy) is 5. The normalized spacial score (nSPS) is 29.4. The second-order valence-electron chi connectivity index (χ2n) is 17.2. The second kappa shape index (κ2) is 23.6. The zero-order valence-corrected chi connectivity index (χ0v) is 45.1. The number of aromatic amines is 2. The van der Waals surface area contributed by atoms with Gasteiger partial charge in [0.25, 0.3) is 11.1 Å². The number of phosphoric acid groups is 4. The first-order chi connectivity index (χ1) is 36.4.